The number of hydrogen-bond acceptors (Lipinski definition) is 8. The highest BCUT2D eigenvalue weighted by Gasteiger charge is 2.30. The molecule has 0 radical (unpaired) electrons. The standard InChI is InChI=1S/C22H18Cl2N4O7/c23-13-9-25-10-14(24)19(13)21(33)27-12-3-1-11(2-4-12)7-16(22(34)35)28(26-6-5-18(30)31)15-8-17(29)20(15)32/h1-4,8-10,16,26H,5-7H2,(H,27,33)(H,30,31)(H,34,35)/t16-/m0/s1. The van der Waals surface area contributed by atoms with Crippen LogP contribution in [-0.4, -0.2) is 45.6 Å². The number of halogens is 2. The molecule has 11 nitrogen and oxygen atoms in total. The zero-order valence-electron chi connectivity index (χ0n) is 17.8. The predicted octanol–water partition coefficient (Wildman–Crippen LogP) is 1.72. The van der Waals surface area contributed by atoms with E-state index in [2.05, 4.69) is 15.7 Å². The number of rotatable bonds is 11. The van der Waals surface area contributed by atoms with E-state index in [-0.39, 0.29) is 40.7 Å². The average Bonchev–Trinajstić information content (AvgIpc) is 2.80. The number of aromatic nitrogens is 1. The van der Waals surface area contributed by atoms with Gasteiger partial charge in [0.2, 0.25) is 10.9 Å². The van der Waals surface area contributed by atoms with Crippen molar-refractivity contribution >= 4 is 52.4 Å². The molecule has 3 aromatic rings. The highest BCUT2D eigenvalue weighted by Crippen LogP contribution is 2.24. The van der Waals surface area contributed by atoms with Gasteiger partial charge in [0.1, 0.15) is 11.7 Å². The zero-order chi connectivity index (χ0) is 25.7. The first-order valence-electron chi connectivity index (χ1n) is 10.1. The summed E-state index contributed by atoms with van der Waals surface area (Å²) in [5.74, 6) is -2.99. The Hall–Kier alpha value is -3.80. The van der Waals surface area contributed by atoms with Gasteiger partial charge in [0, 0.05) is 37.1 Å². The van der Waals surface area contributed by atoms with Crippen molar-refractivity contribution in [1.82, 2.24) is 10.4 Å². The van der Waals surface area contributed by atoms with Crippen molar-refractivity contribution in [3.63, 3.8) is 0 Å². The summed E-state index contributed by atoms with van der Waals surface area (Å²) in [5.41, 5.74) is 1.77. The molecular weight excluding hydrogens is 503 g/mol. The van der Waals surface area contributed by atoms with Gasteiger partial charge in [0.25, 0.3) is 5.91 Å². The van der Waals surface area contributed by atoms with Gasteiger partial charge in [-0.25, -0.2) is 10.2 Å². The fourth-order valence-electron chi connectivity index (χ4n) is 3.19. The Labute approximate surface area is 207 Å². The second-order valence-corrected chi connectivity index (χ2v) is 8.15. The summed E-state index contributed by atoms with van der Waals surface area (Å²) in [7, 11) is 0. The van der Waals surface area contributed by atoms with E-state index in [0.29, 0.717) is 11.3 Å². The highest BCUT2D eigenvalue weighted by molar-refractivity contribution is 6.40. The number of pyridine rings is 1. The molecule has 1 aromatic heterocycles. The van der Waals surface area contributed by atoms with E-state index in [1.54, 1.807) is 12.1 Å². The maximum Gasteiger partial charge on any atom is 0.328 e. The fourth-order valence-corrected chi connectivity index (χ4v) is 3.72. The molecule has 0 saturated carbocycles. The topological polar surface area (TPSA) is 166 Å². The average molecular weight is 521 g/mol. The molecule has 0 spiro atoms. The molecule has 1 atom stereocenters. The van der Waals surface area contributed by atoms with Gasteiger partial charge in [-0.15, -0.1) is 0 Å². The number of carbonyl (C=O) groups is 3. The van der Waals surface area contributed by atoms with Crippen LogP contribution >= 0.6 is 23.2 Å². The van der Waals surface area contributed by atoms with E-state index >= 15 is 0 Å². The highest BCUT2D eigenvalue weighted by atomic mass is 35.5. The Morgan fingerprint density at radius 2 is 1.66 bits per heavy atom. The van der Waals surface area contributed by atoms with Gasteiger partial charge in [0.05, 0.1) is 22.0 Å². The van der Waals surface area contributed by atoms with E-state index in [4.69, 9.17) is 28.3 Å². The first kappa shape index (κ1) is 25.8. The summed E-state index contributed by atoms with van der Waals surface area (Å²) >= 11 is 12.0. The molecule has 4 N–H and O–H groups in total. The molecule has 0 aliphatic carbocycles. The molecule has 1 amide bonds. The van der Waals surface area contributed by atoms with Gasteiger partial charge in [-0.2, -0.15) is 0 Å². The van der Waals surface area contributed by atoms with E-state index in [1.165, 1.54) is 24.5 Å². The Morgan fingerprint density at radius 1 is 1.03 bits per heavy atom. The third-order valence-electron chi connectivity index (χ3n) is 4.92. The first-order chi connectivity index (χ1) is 16.6. The smallest absolute Gasteiger partial charge is 0.328 e. The number of anilines is 2. The van der Waals surface area contributed by atoms with Crippen molar-refractivity contribution in [3.05, 3.63) is 84.3 Å². The Morgan fingerprint density at radius 3 is 2.17 bits per heavy atom. The van der Waals surface area contributed by atoms with Crippen molar-refractivity contribution in [1.29, 1.82) is 0 Å². The molecule has 3 rings (SSSR count). The zero-order valence-corrected chi connectivity index (χ0v) is 19.3. The SMILES string of the molecule is O=C(O)CCNN(c1cc(=O)c1=O)[C@@H](Cc1ccc(NC(=O)c2c(Cl)cncc2Cl)cc1)C(=O)O. The van der Waals surface area contributed by atoms with Crippen LogP contribution in [0.15, 0.2) is 52.3 Å². The second kappa shape index (κ2) is 11.1. The normalized spacial score (nSPS) is 11.7. The molecule has 0 bridgehead atoms. The van der Waals surface area contributed by atoms with Gasteiger partial charge in [-0.3, -0.25) is 29.2 Å². The lowest BCUT2D eigenvalue weighted by Gasteiger charge is -2.31. The molecule has 0 fully saturated rings. The van der Waals surface area contributed by atoms with Crippen LogP contribution in [0.4, 0.5) is 11.4 Å². The number of benzene rings is 1. The molecule has 182 valence electrons. The quantitative estimate of drug-likeness (QED) is 0.216. The van der Waals surface area contributed by atoms with Crippen LogP contribution in [0.2, 0.25) is 10.0 Å². The second-order valence-electron chi connectivity index (χ2n) is 7.33. The number of nitrogens with zero attached hydrogens (tertiary/aromatic N) is 2. The Kier molecular flexibility index (Phi) is 8.18. The Balaban J connectivity index is 1.77. The number of carboxylic acid groups (broad SMARTS) is 2. The molecule has 35 heavy (non-hydrogen) atoms. The van der Waals surface area contributed by atoms with Gasteiger partial charge in [0.15, 0.2) is 0 Å². The van der Waals surface area contributed by atoms with Crippen molar-refractivity contribution in [2.75, 3.05) is 16.9 Å². The van der Waals surface area contributed by atoms with Crippen molar-refractivity contribution < 1.29 is 24.6 Å². The monoisotopic (exact) mass is 520 g/mol. The van der Waals surface area contributed by atoms with Crippen LogP contribution in [0, 0.1) is 0 Å². The largest absolute Gasteiger partial charge is 0.481 e. The number of hydrogen-bond donors (Lipinski definition) is 4. The lowest BCUT2D eigenvalue weighted by atomic mass is 10.0. The van der Waals surface area contributed by atoms with Crippen LogP contribution < -0.4 is 26.6 Å². The number of carbonyl (C=O) groups excluding carboxylic acids is 1. The van der Waals surface area contributed by atoms with Crippen LogP contribution in [0.1, 0.15) is 22.3 Å². The van der Waals surface area contributed by atoms with E-state index in [9.17, 15) is 29.1 Å². The molecule has 0 aliphatic heterocycles. The summed E-state index contributed by atoms with van der Waals surface area (Å²) in [5, 5.41) is 22.4. The first-order valence-corrected chi connectivity index (χ1v) is 10.8. The van der Waals surface area contributed by atoms with Gasteiger partial charge >= 0.3 is 11.9 Å². The third-order valence-corrected chi connectivity index (χ3v) is 5.50. The summed E-state index contributed by atoms with van der Waals surface area (Å²) in [6, 6.07) is 5.86. The van der Waals surface area contributed by atoms with Crippen LogP contribution in [-0.2, 0) is 16.0 Å². The summed E-state index contributed by atoms with van der Waals surface area (Å²) in [6.45, 7) is -0.164. The van der Waals surface area contributed by atoms with Gasteiger partial charge in [-0.1, -0.05) is 35.3 Å². The molecule has 13 heteroatoms. The van der Waals surface area contributed by atoms with Crippen molar-refractivity contribution in [2.24, 2.45) is 0 Å². The van der Waals surface area contributed by atoms with Crippen LogP contribution in [0.3, 0.4) is 0 Å². The van der Waals surface area contributed by atoms with E-state index in [0.717, 1.165) is 11.1 Å². The molecule has 0 aliphatic rings. The molecule has 2 aromatic carbocycles. The number of amides is 1. The maximum absolute atomic E-state index is 12.5. The van der Waals surface area contributed by atoms with Gasteiger partial charge < -0.3 is 15.5 Å². The van der Waals surface area contributed by atoms with E-state index in [1.807, 2.05) is 0 Å². The molecule has 1 heterocycles. The summed E-state index contributed by atoms with van der Waals surface area (Å²) in [6.07, 6.45) is 2.12. The summed E-state index contributed by atoms with van der Waals surface area (Å²) in [4.78, 5) is 62.4. The Bertz CT molecular complexity index is 1320. The van der Waals surface area contributed by atoms with E-state index < -0.39 is 34.7 Å². The van der Waals surface area contributed by atoms with Crippen LogP contribution in [0.5, 0.6) is 0 Å². The van der Waals surface area contributed by atoms with Gasteiger partial charge in [-0.05, 0) is 17.7 Å². The lowest BCUT2D eigenvalue weighted by molar-refractivity contribution is -0.138. The molecular formula is C22H18Cl2N4O7. The fraction of sp³-hybridized carbons (Fsp3) is 0.182. The van der Waals surface area contributed by atoms with Crippen molar-refractivity contribution in [2.45, 2.75) is 18.9 Å². The number of nitrogens with one attached hydrogen (secondary N) is 2. The minimum Gasteiger partial charge on any atom is -0.481 e. The lowest BCUT2D eigenvalue weighted by Crippen LogP contribution is -2.56. The molecule has 0 unspecified atom stereocenters. The number of carboxylic acids is 2. The maximum atomic E-state index is 12.5. The van der Waals surface area contributed by atoms with Crippen LogP contribution in [0.25, 0.3) is 0 Å². The number of hydrazine groups is 1. The minimum absolute atomic E-state index is 0.0504. The number of aliphatic carboxylic acids is 2. The summed E-state index contributed by atoms with van der Waals surface area (Å²) < 4.78 is 0. The minimum atomic E-state index is -1.33. The third kappa shape index (κ3) is 6.21. The molecule has 0 saturated heterocycles. The van der Waals surface area contributed by atoms with Crippen molar-refractivity contribution in [3.8, 4) is 0 Å². The predicted molar refractivity (Wildman–Crippen MR) is 128 cm³/mol.